The molecule has 0 bridgehead atoms. The molecule has 4 heteroatoms. The third-order valence-electron chi connectivity index (χ3n) is 3.37. The van der Waals surface area contributed by atoms with Gasteiger partial charge in [-0.15, -0.1) is 12.4 Å². The van der Waals surface area contributed by atoms with Gasteiger partial charge in [0.25, 0.3) is 0 Å². The van der Waals surface area contributed by atoms with Crippen LogP contribution in [0.2, 0.25) is 0 Å². The molecule has 1 aromatic carbocycles. The standard InChI is InChI=1S/C14H21FN2.ClH/c1-11-7-12(2)9-13(8-11)14(10-15)17-5-3-16-4-6-17;/h7-9,14,16H,3-6,10H2,1-2H3;1H/t14-;/m1./s1. The molecule has 0 saturated carbocycles. The Morgan fingerprint density at radius 3 is 2.22 bits per heavy atom. The fourth-order valence-corrected chi connectivity index (χ4v) is 2.59. The van der Waals surface area contributed by atoms with E-state index in [1.807, 2.05) is 0 Å². The topological polar surface area (TPSA) is 15.3 Å². The molecule has 0 radical (unpaired) electrons. The van der Waals surface area contributed by atoms with Gasteiger partial charge < -0.3 is 5.32 Å². The molecule has 102 valence electrons. The lowest BCUT2D eigenvalue weighted by atomic mass is 10.0. The predicted octanol–water partition coefficient (Wildman–Crippen LogP) is 2.64. The number of nitrogens with one attached hydrogen (secondary N) is 1. The summed E-state index contributed by atoms with van der Waals surface area (Å²) in [5.74, 6) is 0. The molecule has 2 nitrogen and oxygen atoms in total. The maximum absolute atomic E-state index is 13.3. The fourth-order valence-electron chi connectivity index (χ4n) is 2.59. The van der Waals surface area contributed by atoms with Gasteiger partial charge in [0.15, 0.2) is 0 Å². The fraction of sp³-hybridized carbons (Fsp3) is 0.571. The molecule has 1 heterocycles. The number of hydrogen-bond donors (Lipinski definition) is 1. The number of piperazine rings is 1. The van der Waals surface area contributed by atoms with Crippen molar-refractivity contribution < 1.29 is 4.39 Å². The van der Waals surface area contributed by atoms with Crippen LogP contribution in [0.25, 0.3) is 0 Å². The molecule has 0 aromatic heterocycles. The highest BCUT2D eigenvalue weighted by Gasteiger charge is 2.22. The zero-order valence-electron chi connectivity index (χ0n) is 11.1. The zero-order chi connectivity index (χ0) is 12.3. The van der Waals surface area contributed by atoms with Gasteiger partial charge in [-0.05, 0) is 19.4 Å². The van der Waals surface area contributed by atoms with Gasteiger partial charge in [0.1, 0.15) is 6.67 Å². The van der Waals surface area contributed by atoms with Crippen LogP contribution in [-0.4, -0.2) is 37.8 Å². The summed E-state index contributed by atoms with van der Waals surface area (Å²) in [6.07, 6.45) is 0. The van der Waals surface area contributed by atoms with Crippen LogP contribution in [0, 0.1) is 13.8 Å². The largest absolute Gasteiger partial charge is 0.314 e. The Balaban J connectivity index is 0.00000162. The molecule has 0 amide bonds. The Morgan fingerprint density at radius 2 is 1.72 bits per heavy atom. The molecule has 0 unspecified atom stereocenters. The van der Waals surface area contributed by atoms with E-state index in [9.17, 15) is 4.39 Å². The molecular weight excluding hydrogens is 251 g/mol. The average Bonchev–Trinajstić information content (AvgIpc) is 2.30. The molecular formula is C14H22ClFN2. The third-order valence-corrected chi connectivity index (χ3v) is 3.37. The van der Waals surface area contributed by atoms with Gasteiger partial charge in [-0.1, -0.05) is 29.3 Å². The number of benzene rings is 1. The highest BCUT2D eigenvalue weighted by Crippen LogP contribution is 2.23. The molecule has 1 atom stereocenters. The molecule has 1 fully saturated rings. The lowest BCUT2D eigenvalue weighted by Crippen LogP contribution is -2.45. The molecule has 1 aliphatic rings. The summed E-state index contributed by atoms with van der Waals surface area (Å²) >= 11 is 0. The molecule has 2 rings (SSSR count). The SMILES string of the molecule is Cc1cc(C)cc([C@@H](CF)N2CCNCC2)c1.Cl. The van der Waals surface area contributed by atoms with Crippen molar-refractivity contribution in [3.8, 4) is 0 Å². The molecule has 1 N–H and O–H groups in total. The Kier molecular flexibility index (Phi) is 6.06. The van der Waals surface area contributed by atoms with Crippen LogP contribution in [-0.2, 0) is 0 Å². The van der Waals surface area contributed by atoms with Crippen molar-refractivity contribution in [2.45, 2.75) is 19.9 Å². The van der Waals surface area contributed by atoms with Gasteiger partial charge in [0.2, 0.25) is 0 Å². The summed E-state index contributed by atoms with van der Waals surface area (Å²) in [7, 11) is 0. The maximum Gasteiger partial charge on any atom is 0.109 e. The first-order valence-electron chi connectivity index (χ1n) is 6.29. The lowest BCUT2D eigenvalue weighted by Gasteiger charge is -2.34. The number of nitrogens with zero attached hydrogens (tertiary/aromatic N) is 1. The van der Waals surface area contributed by atoms with E-state index in [4.69, 9.17) is 0 Å². The summed E-state index contributed by atoms with van der Waals surface area (Å²) in [6.45, 7) is 7.63. The van der Waals surface area contributed by atoms with Crippen LogP contribution < -0.4 is 5.32 Å². The zero-order valence-corrected chi connectivity index (χ0v) is 11.9. The quantitative estimate of drug-likeness (QED) is 0.910. The van der Waals surface area contributed by atoms with E-state index in [2.05, 4.69) is 42.3 Å². The normalized spacial score (nSPS) is 18.2. The summed E-state index contributed by atoms with van der Waals surface area (Å²) in [5, 5.41) is 3.30. The van der Waals surface area contributed by atoms with E-state index < -0.39 is 0 Å². The monoisotopic (exact) mass is 272 g/mol. The Hall–Kier alpha value is -0.640. The summed E-state index contributed by atoms with van der Waals surface area (Å²) < 4.78 is 13.3. The minimum Gasteiger partial charge on any atom is -0.314 e. The van der Waals surface area contributed by atoms with Crippen molar-refractivity contribution in [2.75, 3.05) is 32.9 Å². The lowest BCUT2D eigenvalue weighted by molar-refractivity contribution is 0.147. The van der Waals surface area contributed by atoms with Gasteiger partial charge >= 0.3 is 0 Å². The Morgan fingerprint density at radius 1 is 1.17 bits per heavy atom. The summed E-state index contributed by atoms with van der Waals surface area (Å²) in [4.78, 5) is 2.24. The van der Waals surface area contributed by atoms with Crippen LogP contribution in [0.5, 0.6) is 0 Å². The second kappa shape index (κ2) is 7.07. The number of aryl methyl sites for hydroxylation is 2. The van der Waals surface area contributed by atoms with Crippen molar-refractivity contribution >= 4 is 12.4 Å². The maximum atomic E-state index is 13.3. The van der Waals surface area contributed by atoms with Crippen LogP contribution >= 0.6 is 12.4 Å². The smallest absolute Gasteiger partial charge is 0.109 e. The molecule has 0 spiro atoms. The van der Waals surface area contributed by atoms with Gasteiger partial charge in [-0.2, -0.15) is 0 Å². The van der Waals surface area contributed by atoms with E-state index in [-0.39, 0.29) is 25.1 Å². The van der Waals surface area contributed by atoms with E-state index in [1.165, 1.54) is 11.1 Å². The second-order valence-corrected chi connectivity index (χ2v) is 4.88. The number of halogens is 2. The van der Waals surface area contributed by atoms with E-state index in [1.54, 1.807) is 0 Å². The van der Waals surface area contributed by atoms with Crippen LogP contribution in [0.1, 0.15) is 22.7 Å². The first-order valence-corrected chi connectivity index (χ1v) is 6.29. The molecule has 1 saturated heterocycles. The number of rotatable bonds is 3. The van der Waals surface area contributed by atoms with Crippen molar-refractivity contribution in [2.24, 2.45) is 0 Å². The highest BCUT2D eigenvalue weighted by molar-refractivity contribution is 5.85. The first-order chi connectivity index (χ1) is 8.20. The highest BCUT2D eigenvalue weighted by atomic mass is 35.5. The molecule has 1 aromatic rings. The Labute approximate surface area is 115 Å². The van der Waals surface area contributed by atoms with Crippen molar-refractivity contribution in [3.63, 3.8) is 0 Å². The first kappa shape index (κ1) is 15.4. The molecule has 1 aliphatic heterocycles. The van der Waals surface area contributed by atoms with E-state index >= 15 is 0 Å². The van der Waals surface area contributed by atoms with Crippen molar-refractivity contribution in [3.05, 3.63) is 34.9 Å². The summed E-state index contributed by atoms with van der Waals surface area (Å²) in [5.41, 5.74) is 3.55. The minimum atomic E-state index is -0.303. The second-order valence-electron chi connectivity index (χ2n) is 4.88. The number of hydrogen-bond acceptors (Lipinski definition) is 2. The van der Waals surface area contributed by atoms with Gasteiger partial charge in [0.05, 0.1) is 6.04 Å². The van der Waals surface area contributed by atoms with Crippen LogP contribution in [0.15, 0.2) is 18.2 Å². The van der Waals surface area contributed by atoms with E-state index in [0.717, 1.165) is 31.7 Å². The van der Waals surface area contributed by atoms with Crippen molar-refractivity contribution in [1.82, 2.24) is 10.2 Å². The number of alkyl halides is 1. The van der Waals surface area contributed by atoms with Crippen molar-refractivity contribution in [1.29, 1.82) is 0 Å². The third kappa shape index (κ3) is 3.67. The minimum absolute atomic E-state index is 0. The van der Waals surface area contributed by atoms with Crippen LogP contribution in [0.4, 0.5) is 4.39 Å². The van der Waals surface area contributed by atoms with Gasteiger partial charge in [0, 0.05) is 26.2 Å². The average molecular weight is 273 g/mol. The van der Waals surface area contributed by atoms with E-state index in [0.29, 0.717) is 0 Å². The Bertz CT molecular complexity index is 358. The molecule has 0 aliphatic carbocycles. The van der Waals surface area contributed by atoms with Crippen LogP contribution in [0.3, 0.4) is 0 Å². The molecule has 18 heavy (non-hydrogen) atoms. The summed E-state index contributed by atoms with van der Waals surface area (Å²) in [6, 6.07) is 6.28. The van der Waals surface area contributed by atoms with Gasteiger partial charge in [-0.3, -0.25) is 4.90 Å². The predicted molar refractivity (Wildman–Crippen MR) is 76.3 cm³/mol. The van der Waals surface area contributed by atoms with Gasteiger partial charge in [-0.25, -0.2) is 4.39 Å².